The summed E-state index contributed by atoms with van der Waals surface area (Å²) in [6.07, 6.45) is 0. The lowest BCUT2D eigenvalue weighted by molar-refractivity contribution is 0.103. The largest absolute Gasteiger partial charge is 0.351 e. The number of thiocarbonyl (C=S) groups is 1. The lowest BCUT2D eigenvalue weighted by Gasteiger charge is -2.28. The predicted molar refractivity (Wildman–Crippen MR) is 93.4 cm³/mol. The fraction of sp³-hybridized carbons (Fsp3) is 0.0588. The number of hydrogen-bond donors (Lipinski definition) is 2. The van der Waals surface area contributed by atoms with Gasteiger partial charge in [0, 0.05) is 15.6 Å². The number of rotatable bonds is 1. The van der Waals surface area contributed by atoms with Crippen molar-refractivity contribution in [1.82, 2.24) is 10.6 Å². The molecule has 0 amide bonds. The lowest BCUT2D eigenvalue weighted by Crippen LogP contribution is -2.43. The van der Waals surface area contributed by atoms with Gasteiger partial charge in [0.2, 0.25) is 0 Å². The molecular weight excluding hydrogens is 360 g/mol. The molecule has 1 aliphatic heterocycles. The molecule has 2 aromatic rings. The van der Waals surface area contributed by atoms with Crippen LogP contribution < -0.4 is 10.6 Å². The van der Waals surface area contributed by atoms with E-state index in [2.05, 4.69) is 26.6 Å². The Kier molecular flexibility index (Phi) is 3.13. The molecule has 2 aliphatic rings. The van der Waals surface area contributed by atoms with Crippen LogP contribution in [0.15, 0.2) is 58.6 Å². The lowest BCUT2D eigenvalue weighted by atomic mass is 9.94. The molecule has 1 heterocycles. The second kappa shape index (κ2) is 5.04. The van der Waals surface area contributed by atoms with E-state index in [0.717, 1.165) is 32.4 Å². The highest BCUT2D eigenvalue weighted by molar-refractivity contribution is 9.10. The fourth-order valence-electron chi connectivity index (χ4n) is 2.97. The van der Waals surface area contributed by atoms with E-state index in [1.807, 2.05) is 48.5 Å². The monoisotopic (exact) mass is 370 g/mol. The summed E-state index contributed by atoms with van der Waals surface area (Å²) in [5.74, 6) is 0.0565. The van der Waals surface area contributed by atoms with Gasteiger partial charge in [0.15, 0.2) is 10.9 Å². The zero-order chi connectivity index (χ0) is 15.3. The van der Waals surface area contributed by atoms with E-state index in [4.69, 9.17) is 12.2 Å². The number of hydrogen-bond acceptors (Lipinski definition) is 2. The molecule has 1 unspecified atom stereocenters. The number of benzene rings is 2. The Labute approximate surface area is 141 Å². The van der Waals surface area contributed by atoms with Gasteiger partial charge in [-0.05, 0) is 29.9 Å². The Morgan fingerprint density at radius 3 is 2.41 bits per heavy atom. The summed E-state index contributed by atoms with van der Waals surface area (Å²) in [6.45, 7) is 0. The maximum atomic E-state index is 12.8. The zero-order valence-electron chi connectivity index (χ0n) is 11.4. The van der Waals surface area contributed by atoms with E-state index < -0.39 is 0 Å². The SMILES string of the molecule is O=C1C2=C(NC(=S)NC2c2ccc(Br)cc2)c2ccccc21. The second-order valence-corrected chi connectivity index (χ2v) is 6.57. The average molecular weight is 371 g/mol. The van der Waals surface area contributed by atoms with Gasteiger partial charge in [0.25, 0.3) is 0 Å². The van der Waals surface area contributed by atoms with Gasteiger partial charge in [-0.2, -0.15) is 0 Å². The number of carbonyl (C=O) groups is 1. The Morgan fingerprint density at radius 1 is 1.00 bits per heavy atom. The number of halogens is 1. The van der Waals surface area contributed by atoms with Crippen molar-refractivity contribution in [2.24, 2.45) is 0 Å². The molecule has 0 saturated heterocycles. The van der Waals surface area contributed by atoms with Gasteiger partial charge in [0.05, 0.1) is 17.3 Å². The Hall–Kier alpha value is -1.98. The summed E-state index contributed by atoms with van der Waals surface area (Å²) in [6, 6.07) is 15.3. The second-order valence-electron chi connectivity index (χ2n) is 5.25. The van der Waals surface area contributed by atoms with Gasteiger partial charge in [-0.3, -0.25) is 4.79 Å². The molecule has 1 aliphatic carbocycles. The molecule has 0 aromatic heterocycles. The molecule has 0 saturated carbocycles. The summed E-state index contributed by atoms with van der Waals surface area (Å²) in [5.41, 5.74) is 4.23. The van der Waals surface area contributed by atoms with E-state index in [1.165, 1.54) is 0 Å². The Morgan fingerprint density at radius 2 is 1.68 bits per heavy atom. The van der Waals surface area contributed by atoms with E-state index in [1.54, 1.807) is 0 Å². The highest BCUT2D eigenvalue weighted by Crippen LogP contribution is 2.39. The predicted octanol–water partition coefficient (Wildman–Crippen LogP) is 3.58. The summed E-state index contributed by atoms with van der Waals surface area (Å²) in [7, 11) is 0. The summed E-state index contributed by atoms with van der Waals surface area (Å²) < 4.78 is 1.00. The van der Waals surface area contributed by atoms with Crippen LogP contribution >= 0.6 is 28.1 Å². The van der Waals surface area contributed by atoms with Crippen LogP contribution in [0, 0.1) is 0 Å². The van der Waals surface area contributed by atoms with Crippen molar-refractivity contribution in [2.45, 2.75) is 6.04 Å². The third-order valence-electron chi connectivity index (χ3n) is 3.96. The Balaban J connectivity index is 1.88. The van der Waals surface area contributed by atoms with Crippen molar-refractivity contribution >= 4 is 44.7 Å². The van der Waals surface area contributed by atoms with E-state index in [0.29, 0.717) is 5.11 Å². The van der Waals surface area contributed by atoms with E-state index >= 15 is 0 Å². The van der Waals surface area contributed by atoms with Crippen molar-refractivity contribution in [1.29, 1.82) is 0 Å². The van der Waals surface area contributed by atoms with Crippen LogP contribution in [0.4, 0.5) is 0 Å². The topological polar surface area (TPSA) is 41.1 Å². The molecule has 0 spiro atoms. The molecule has 2 N–H and O–H groups in total. The third kappa shape index (κ3) is 2.01. The van der Waals surface area contributed by atoms with Gasteiger partial charge in [0.1, 0.15) is 0 Å². The van der Waals surface area contributed by atoms with Crippen LogP contribution in [0.25, 0.3) is 5.70 Å². The normalized spacial score (nSPS) is 19.4. The zero-order valence-corrected chi connectivity index (χ0v) is 13.8. The number of ketones is 1. The van der Waals surface area contributed by atoms with Crippen molar-refractivity contribution in [2.75, 3.05) is 0 Å². The molecule has 1 atom stereocenters. The molecular formula is C17H11BrN2OS. The summed E-state index contributed by atoms with van der Waals surface area (Å²) >= 11 is 8.76. The van der Waals surface area contributed by atoms with Gasteiger partial charge in [-0.15, -0.1) is 0 Å². The van der Waals surface area contributed by atoms with Gasteiger partial charge in [-0.1, -0.05) is 52.3 Å². The maximum absolute atomic E-state index is 12.8. The first-order valence-electron chi connectivity index (χ1n) is 6.86. The van der Waals surface area contributed by atoms with Crippen LogP contribution in [-0.2, 0) is 0 Å². The number of nitrogens with one attached hydrogen (secondary N) is 2. The van der Waals surface area contributed by atoms with E-state index in [9.17, 15) is 4.79 Å². The molecule has 0 radical (unpaired) electrons. The number of fused-ring (bicyclic) bond motifs is 2. The minimum atomic E-state index is -0.225. The number of Topliss-reactive ketones (excluding diaryl/α,β-unsaturated/α-hetero) is 1. The average Bonchev–Trinajstić information content (AvgIpc) is 2.81. The minimum Gasteiger partial charge on any atom is -0.351 e. The van der Waals surface area contributed by atoms with Crippen molar-refractivity contribution in [3.8, 4) is 0 Å². The highest BCUT2D eigenvalue weighted by Gasteiger charge is 2.38. The molecule has 3 nitrogen and oxygen atoms in total. The maximum Gasteiger partial charge on any atom is 0.194 e. The molecule has 5 heteroatoms. The standard InChI is InChI=1S/C17H11BrN2OS/c18-10-7-5-9(6-8-10)14-13-15(20-17(22)19-14)11-3-1-2-4-12(11)16(13)21/h1-8,14H,(H2,19,20,22). The molecule has 2 aromatic carbocycles. The van der Waals surface area contributed by atoms with E-state index in [-0.39, 0.29) is 11.8 Å². The molecule has 0 bridgehead atoms. The third-order valence-corrected chi connectivity index (χ3v) is 4.71. The van der Waals surface area contributed by atoms with Gasteiger partial charge < -0.3 is 10.6 Å². The first-order valence-corrected chi connectivity index (χ1v) is 8.06. The Bertz CT molecular complexity index is 842. The van der Waals surface area contributed by atoms with Crippen molar-refractivity contribution < 1.29 is 4.79 Å². The first kappa shape index (κ1) is 13.7. The quantitative estimate of drug-likeness (QED) is 0.752. The molecule has 4 rings (SSSR count). The minimum absolute atomic E-state index is 0.0565. The van der Waals surface area contributed by atoms with Gasteiger partial charge in [-0.25, -0.2) is 0 Å². The highest BCUT2D eigenvalue weighted by atomic mass is 79.9. The van der Waals surface area contributed by atoms with Crippen LogP contribution in [0.2, 0.25) is 0 Å². The molecule has 22 heavy (non-hydrogen) atoms. The van der Waals surface area contributed by atoms with Crippen molar-refractivity contribution in [3.05, 3.63) is 75.3 Å². The first-order chi connectivity index (χ1) is 10.6. The molecule has 0 fully saturated rings. The van der Waals surface area contributed by atoms with Crippen LogP contribution in [0.5, 0.6) is 0 Å². The molecule has 108 valence electrons. The van der Waals surface area contributed by atoms with Crippen LogP contribution in [0.3, 0.4) is 0 Å². The number of carbonyl (C=O) groups excluding carboxylic acids is 1. The summed E-state index contributed by atoms with van der Waals surface area (Å²) in [5, 5.41) is 6.90. The fourth-order valence-corrected chi connectivity index (χ4v) is 3.46. The van der Waals surface area contributed by atoms with Crippen molar-refractivity contribution in [3.63, 3.8) is 0 Å². The summed E-state index contributed by atoms with van der Waals surface area (Å²) in [4.78, 5) is 12.8. The van der Waals surface area contributed by atoms with Crippen LogP contribution in [-0.4, -0.2) is 10.9 Å². The smallest absolute Gasteiger partial charge is 0.194 e. The van der Waals surface area contributed by atoms with Gasteiger partial charge >= 0.3 is 0 Å². The van der Waals surface area contributed by atoms with Crippen LogP contribution in [0.1, 0.15) is 27.5 Å².